The largest absolute Gasteiger partial charge is 0.481 e. The van der Waals surface area contributed by atoms with Gasteiger partial charge < -0.3 is 5.11 Å². The lowest BCUT2D eigenvalue weighted by Crippen LogP contribution is -2.13. The standard InChI is InChI=1S/C11H18N2O2/c1-8(2)7-13-10(4-5-12-13)9(3)6-11(14)15/h4-5,8-9H,6-7H2,1-3H3,(H,14,15). The lowest BCUT2D eigenvalue weighted by molar-refractivity contribution is -0.137. The van der Waals surface area contributed by atoms with Crippen LogP contribution in [0.25, 0.3) is 0 Å². The summed E-state index contributed by atoms with van der Waals surface area (Å²) in [4.78, 5) is 10.6. The van der Waals surface area contributed by atoms with Crippen LogP contribution in [0.5, 0.6) is 0 Å². The Kier molecular flexibility index (Phi) is 3.88. The molecule has 1 rings (SSSR count). The van der Waals surface area contributed by atoms with Gasteiger partial charge in [0.05, 0.1) is 6.42 Å². The molecule has 0 spiro atoms. The van der Waals surface area contributed by atoms with E-state index >= 15 is 0 Å². The Morgan fingerprint density at radius 3 is 2.73 bits per heavy atom. The summed E-state index contributed by atoms with van der Waals surface area (Å²) in [5.41, 5.74) is 1.01. The number of carbonyl (C=O) groups is 1. The van der Waals surface area contributed by atoms with Crippen LogP contribution < -0.4 is 0 Å². The summed E-state index contributed by atoms with van der Waals surface area (Å²) in [7, 11) is 0. The second-order valence-corrected chi connectivity index (χ2v) is 4.33. The molecule has 0 aromatic carbocycles. The SMILES string of the molecule is CC(C)Cn1nccc1C(C)CC(=O)O. The molecule has 0 radical (unpaired) electrons. The number of rotatable bonds is 5. The Hall–Kier alpha value is -1.32. The minimum atomic E-state index is -0.764. The van der Waals surface area contributed by atoms with Gasteiger partial charge in [0, 0.05) is 24.4 Å². The predicted molar refractivity (Wildman–Crippen MR) is 57.7 cm³/mol. The molecule has 4 heteroatoms. The van der Waals surface area contributed by atoms with Gasteiger partial charge in [0.1, 0.15) is 0 Å². The van der Waals surface area contributed by atoms with Crippen molar-refractivity contribution < 1.29 is 9.90 Å². The Balaban J connectivity index is 2.75. The predicted octanol–water partition coefficient (Wildman–Crippen LogP) is 2.12. The van der Waals surface area contributed by atoms with E-state index in [1.54, 1.807) is 6.20 Å². The number of hydrogen-bond donors (Lipinski definition) is 1. The number of carboxylic acid groups (broad SMARTS) is 1. The highest BCUT2D eigenvalue weighted by molar-refractivity contribution is 5.67. The molecular formula is C11H18N2O2. The van der Waals surface area contributed by atoms with Crippen LogP contribution in [0.1, 0.15) is 38.8 Å². The van der Waals surface area contributed by atoms with E-state index in [1.807, 2.05) is 17.7 Å². The molecular weight excluding hydrogens is 192 g/mol. The maximum Gasteiger partial charge on any atom is 0.304 e. The molecule has 1 heterocycles. The van der Waals surface area contributed by atoms with Crippen molar-refractivity contribution in [3.8, 4) is 0 Å². The van der Waals surface area contributed by atoms with Crippen LogP contribution in [0.3, 0.4) is 0 Å². The highest BCUT2D eigenvalue weighted by atomic mass is 16.4. The van der Waals surface area contributed by atoms with Gasteiger partial charge in [-0.3, -0.25) is 9.48 Å². The Labute approximate surface area is 89.9 Å². The molecule has 0 aliphatic heterocycles. The van der Waals surface area contributed by atoms with E-state index in [9.17, 15) is 4.79 Å². The van der Waals surface area contributed by atoms with Gasteiger partial charge >= 0.3 is 5.97 Å². The van der Waals surface area contributed by atoms with E-state index in [1.165, 1.54) is 0 Å². The molecule has 0 saturated carbocycles. The van der Waals surface area contributed by atoms with Gasteiger partial charge in [0.25, 0.3) is 0 Å². The number of aromatic nitrogens is 2. The van der Waals surface area contributed by atoms with Crippen molar-refractivity contribution in [2.45, 2.75) is 39.7 Å². The molecule has 0 fully saturated rings. The lowest BCUT2D eigenvalue weighted by atomic mass is 10.0. The highest BCUT2D eigenvalue weighted by Gasteiger charge is 2.14. The minimum Gasteiger partial charge on any atom is -0.481 e. The molecule has 0 aliphatic carbocycles. The first-order valence-corrected chi connectivity index (χ1v) is 5.24. The fraction of sp³-hybridized carbons (Fsp3) is 0.636. The number of hydrogen-bond acceptors (Lipinski definition) is 2. The van der Waals surface area contributed by atoms with Crippen molar-refractivity contribution in [1.29, 1.82) is 0 Å². The molecule has 0 amide bonds. The molecule has 4 nitrogen and oxygen atoms in total. The number of nitrogens with zero attached hydrogens (tertiary/aromatic N) is 2. The molecule has 1 aromatic rings. The fourth-order valence-electron chi connectivity index (χ4n) is 1.63. The summed E-state index contributed by atoms with van der Waals surface area (Å²) < 4.78 is 1.90. The van der Waals surface area contributed by atoms with Crippen molar-refractivity contribution in [1.82, 2.24) is 9.78 Å². The van der Waals surface area contributed by atoms with Crippen LogP contribution >= 0.6 is 0 Å². The zero-order chi connectivity index (χ0) is 11.4. The zero-order valence-corrected chi connectivity index (χ0v) is 9.47. The van der Waals surface area contributed by atoms with Gasteiger partial charge in [-0.05, 0) is 12.0 Å². The molecule has 84 valence electrons. The molecule has 1 unspecified atom stereocenters. The van der Waals surface area contributed by atoms with Crippen LogP contribution in [0.2, 0.25) is 0 Å². The zero-order valence-electron chi connectivity index (χ0n) is 9.47. The van der Waals surface area contributed by atoms with Crippen molar-refractivity contribution in [3.05, 3.63) is 18.0 Å². The van der Waals surface area contributed by atoms with E-state index in [4.69, 9.17) is 5.11 Å². The number of aliphatic carboxylic acids is 1. The Morgan fingerprint density at radius 2 is 2.20 bits per heavy atom. The summed E-state index contributed by atoms with van der Waals surface area (Å²) in [5, 5.41) is 12.9. The summed E-state index contributed by atoms with van der Waals surface area (Å²) in [6.07, 6.45) is 1.89. The Bertz CT molecular complexity index is 331. The average Bonchev–Trinajstić information content (AvgIpc) is 2.49. The van der Waals surface area contributed by atoms with Crippen LogP contribution in [-0.4, -0.2) is 20.9 Å². The van der Waals surface area contributed by atoms with E-state index in [0.717, 1.165) is 12.2 Å². The van der Waals surface area contributed by atoms with Gasteiger partial charge in [-0.25, -0.2) is 0 Å². The van der Waals surface area contributed by atoms with Crippen LogP contribution in [-0.2, 0) is 11.3 Å². The molecule has 1 aromatic heterocycles. The van der Waals surface area contributed by atoms with E-state index < -0.39 is 5.97 Å². The van der Waals surface area contributed by atoms with Crippen molar-refractivity contribution in [2.75, 3.05) is 0 Å². The van der Waals surface area contributed by atoms with Crippen molar-refractivity contribution in [2.24, 2.45) is 5.92 Å². The minimum absolute atomic E-state index is 0.0174. The monoisotopic (exact) mass is 210 g/mol. The van der Waals surface area contributed by atoms with Gasteiger partial charge in [-0.2, -0.15) is 5.10 Å². The third kappa shape index (κ3) is 3.38. The van der Waals surface area contributed by atoms with E-state index in [2.05, 4.69) is 18.9 Å². The molecule has 15 heavy (non-hydrogen) atoms. The average molecular weight is 210 g/mol. The number of carboxylic acids is 1. The summed E-state index contributed by atoms with van der Waals surface area (Å²) >= 11 is 0. The van der Waals surface area contributed by atoms with Crippen LogP contribution in [0, 0.1) is 5.92 Å². The third-order valence-corrected chi connectivity index (χ3v) is 2.27. The summed E-state index contributed by atoms with van der Waals surface area (Å²) in [5.74, 6) is -0.232. The first-order chi connectivity index (χ1) is 7.00. The first kappa shape index (κ1) is 11.8. The molecule has 0 bridgehead atoms. The normalized spacial score (nSPS) is 13.1. The summed E-state index contributed by atoms with van der Waals surface area (Å²) in [6.45, 7) is 6.99. The molecule has 1 atom stereocenters. The van der Waals surface area contributed by atoms with Gasteiger partial charge in [-0.15, -0.1) is 0 Å². The maximum absolute atomic E-state index is 10.6. The topological polar surface area (TPSA) is 55.1 Å². The third-order valence-electron chi connectivity index (χ3n) is 2.27. The van der Waals surface area contributed by atoms with Gasteiger partial charge in [-0.1, -0.05) is 20.8 Å². The molecule has 1 N–H and O–H groups in total. The second kappa shape index (κ2) is 4.96. The molecule has 0 saturated heterocycles. The van der Waals surface area contributed by atoms with Crippen molar-refractivity contribution >= 4 is 5.97 Å². The maximum atomic E-state index is 10.6. The van der Waals surface area contributed by atoms with Crippen LogP contribution in [0.4, 0.5) is 0 Å². The van der Waals surface area contributed by atoms with E-state index in [-0.39, 0.29) is 12.3 Å². The Morgan fingerprint density at radius 1 is 1.53 bits per heavy atom. The fourth-order valence-corrected chi connectivity index (χ4v) is 1.63. The van der Waals surface area contributed by atoms with Gasteiger partial charge in [0.2, 0.25) is 0 Å². The van der Waals surface area contributed by atoms with E-state index in [0.29, 0.717) is 5.92 Å². The quantitative estimate of drug-likeness (QED) is 0.809. The highest BCUT2D eigenvalue weighted by Crippen LogP contribution is 2.19. The smallest absolute Gasteiger partial charge is 0.304 e. The lowest BCUT2D eigenvalue weighted by Gasteiger charge is -2.13. The van der Waals surface area contributed by atoms with Crippen LogP contribution in [0.15, 0.2) is 12.3 Å². The molecule has 0 aliphatic rings. The first-order valence-electron chi connectivity index (χ1n) is 5.24. The van der Waals surface area contributed by atoms with Gasteiger partial charge in [0.15, 0.2) is 0 Å². The van der Waals surface area contributed by atoms with Crippen molar-refractivity contribution in [3.63, 3.8) is 0 Å². The second-order valence-electron chi connectivity index (χ2n) is 4.33. The summed E-state index contributed by atoms with van der Waals surface area (Å²) in [6, 6.07) is 1.90.